The zero-order chi connectivity index (χ0) is 19.2. The average Bonchev–Trinajstić information content (AvgIpc) is 3.35. The molecule has 140 valence electrons. The molecule has 7 nitrogen and oxygen atoms in total. The van der Waals surface area contributed by atoms with Gasteiger partial charge >= 0.3 is 5.97 Å². The zero-order valence-electron chi connectivity index (χ0n) is 14.7. The molecule has 0 aliphatic rings. The Morgan fingerprint density at radius 1 is 1.22 bits per heavy atom. The number of aromatic nitrogens is 2. The Hall–Kier alpha value is -2.65. The van der Waals surface area contributed by atoms with Gasteiger partial charge in [0.15, 0.2) is 11.5 Å². The van der Waals surface area contributed by atoms with Crippen molar-refractivity contribution in [1.82, 2.24) is 8.75 Å². The Bertz CT molecular complexity index is 966. The molecule has 0 saturated heterocycles. The maximum Gasteiger partial charge on any atom is 0.356 e. The Balaban J connectivity index is 1.98. The average molecular weight is 403 g/mol. The summed E-state index contributed by atoms with van der Waals surface area (Å²) in [4.78, 5) is 30.9. The van der Waals surface area contributed by atoms with Crippen LogP contribution in [-0.2, 0) is 20.8 Å². The van der Waals surface area contributed by atoms with Crippen LogP contribution in [0.1, 0.15) is 22.2 Å². The molecular weight excluding hydrogens is 386 g/mol. The highest BCUT2D eigenvalue weighted by atomic mass is 32.1. The molecule has 0 aliphatic carbocycles. The van der Waals surface area contributed by atoms with E-state index in [-0.39, 0.29) is 24.5 Å². The molecule has 1 atom stereocenters. The van der Waals surface area contributed by atoms with E-state index in [1.807, 2.05) is 23.6 Å². The van der Waals surface area contributed by atoms with E-state index in [1.165, 1.54) is 18.4 Å². The Morgan fingerprint density at radius 2 is 2.04 bits per heavy atom. The highest BCUT2D eigenvalue weighted by molar-refractivity contribution is 7.12. The first-order valence-electron chi connectivity index (χ1n) is 8.21. The number of thiophene rings is 1. The molecule has 3 aromatic rings. The quantitative estimate of drug-likeness (QED) is 0.248. The van der Waals surface area contributed by atoms with Gasteiger partial charge in [0.1, 0.15) is 18.1 Å². The van der Waals surface area contributed by atoms with Gasteiger partial charge in [0.2, 0.25) is 0 Å². The van der Waals surface area contributed by atoms with Crippen molar-refractivity contribution in [3.63, 3.8) is 0 Å². The smallest absolute Gasteiger partial charge is 0.356 e. The van der Waals surface area contributed by atoms with Gasteiger partial charge in [-0.05, 0) is 42.5 Å². The SMILES string of the molecule is CCOC(=O)C(=NOC)C(Cc1ccc2nsnc2c1)C(=O)c1cccs1. The van der Waals surface area contributed by atoms with Crippen LogP contribution in [0.2, 0.25) is 0 Å². The van der Waals surface area contributed by atoms with E-state index in [0.29, 0.717) is 4.88 Å². The summed E-state index contributed by atoms with van der Waals surface area (Å²) in [5, 5.41) is 5.64. The first-order valence-corrected chi connectivity index (χ1v) is 9.82. The van der Waals surface area contributed by atoms with E-state index in [4.69, 9.17) is 9.57 Å². The van der Waals surface area contributed by atoms with Gasteiger partial charge in [-0.2, -0.15) is 8.75 Å². The molecule has 0 bridgehead atoms. The van der Waals surface area contributed by atoms with Crippen LogP contribution in [0.5, 0.6) is 0 Å². The topological polar surface area (TPSA) is 90.7 Å². The summed E-state index contributed by atoms with van der Waals surface area (Å²) in [5.74, 6) is -1.69. The minimum absolute atomic E-state index is 0.0470. The zero-order valence-corrected chi connectivity index (χ0v) is 16.4. The minimum atomic E-state index is -0.827. The van der Waals surface area contributed by atoms with Gasteiger partial charge in [-0.25, -0.2) is 4.79 Å². The monoisotopic (exact) mass is 403 g/mol. The van der Waals surface area contributed by atoms with Crippen LogP contribution in [-0.4, -0.2) is 39.9 Å². The van der Waals surface area contributed by atoms with Crippen molar-refractivity contribution in [3.8, 4) is 0 Å². The maximum atomic E-state index is 13.1. The molecule has 0 saturated carbocycles. The van der Waals surface area contributed by atoms with Crippen LogP contribution in [0.3, 0.4) is 0 Å². The summed E-state index contributed by atoms with van der Waals surface area (Å²) in [7, 11) is 1.33. The predicted molar refractivity (Wildman–Crippen MR) is 104 cm³/mol. The minimum Gasteiger partial charge on any atom is -0.461 e. The fourth-order valence-corrected chi connectivity index (χ4v) is 3.88. The van der Waals surface area contributed by atoms with Crippen LogP contribution >= 0.6 is 23.1 Å². The second kappa shape index (κ2) is 8.83. The fourth-order valence-electron chi connectivity index (χ4n) is 2.64. The number of hydrogen-bond acceptors (Lipinski definition) is 9. The molecule has 1 unspecified atom stereocenters. The van der Waals surface area contributed by atoms with E-state index in [2.05, 4.69) is 13.9 Å². The summed E-state index contributed by atoms with van der Waals surface area (Å²) in [6.07, 6.45) is 0.269. The van der Waals surface area contributed by atoms with Crippen LogP contribution in [0.25, 0.3) is 11.0 Å². The number of carbonyl (C=O) groups excluding carboxylic acids is 2. The third-order valence-electron chi connectivity index (χ3n) is 3.84. The lowest BCUT2D eigenvalue weighted by molar-refractivity contribution is -0.135. The van der Waals surface area contributed by atoms with E-state index < -0.39 is 11.9 Å². The van der Waals surface area contributed by atoms with Crippen LogP contribution < -0.4 is 0 Å². The van der Waals surface area contributed by atoms with Crippen molar-refractivity contribution >= 4 is 51.6 Å². The first kappa shape index (κ1) is 19.1. The third kappa shape index (κ3) is 4.37. The highest BCUT2D eigenvalue weighted by Crippen LogP contribution is 2.23. The van der Waals surface area contributed by atoms with Crippen molar-refractivity contribution in [2.45, 2.75) is 13.3 Å². The van der Waals surface area contributed by atoms with Gasteiger partial charge < -0.3 is 9.57 Å². The molecule has 3 rings (SSSR count). The summed E-state index contributed by atoms with van der Waals surface area (Å²) < 4.78 is 13.5. The lowest BCUT2D eigenvalue weighted by Gasteiger charge is -2.16. The Labute approximate surface area is 163 Å². The standard InChI is InChI=1S/C18H17N3O4S2/c1-3-25-18(23)16(19-24-2)12(17(22)15-5-4-8-26-15)9-11-6-7-13-14(10-11)21-27-20-13/h4-8,10,12H,3,9H2,1-2H3. The number of Topliss-reactive ketones (excluding diaryl/α,β-unsaturated/α-hetero) is 1. The maximum absolute atomic E-state index is 13.1. The van der Waals surface area contributed by atoms with Crippen molar-refractivity contribution < 1.29 is 19.2 Å². The lowest BCUT2D eigenvalue weighted by atomic mass is 9.89. The second-order valence-corrected chi connectivity index (χ2v) is 7.04. The van der Waals surface area contributed by atoms with E-state index in [9.17, 15) is 9.59 Å². The number of oxime groups is 1. The van der Waals surface area contributed by atoms with Gasteiger partial charge in [-0.3, -0.25) is 4.79 Å². The number of carbonyl (C=O) groups is 2. The summed E-state index contributed by atoms with van der Waals surface area (Å²) in [6.45, 7) is 1.87. The normalized spacial score (nSPS) is 12.7. The third-order valence-corrected chi connectivity index (χ3v) is 5.28. The lowest BCUT2D eigenvalue weighted by Crippen LogP contribution is -2.33. The van der Waals surface area contributed by atoms with Gasteiger partial charge in [0.05, 0.1) is 29.1 Å². The molecule has 0 radical (unpaired) electrons. The largest absolute Gasteiger partial charge is 0.461 e. The van der Waals surface area contributed by atoms with Gasteiger partial charge in [0, 0.05) is 0 Å². The number of esters is 1. The summed E-state index contributed by atoms with van der Waals surface area (Å²) in [6, 6.07) is 9.10. The molecule has 0 spiro atoms. The molecule has 2 heterocycles. The van der Waals surface area contributed by atoms with E-state index in [0.717, 1.165) is 28.3 Å². The number of rotatable bonds is 8. The molecule has 9 heteroatoms. The molecule has 0 N–H and O–H groups in total. The molecule has 27 heavy (non-hydrogen) atoms. The van der Waals surface area contributed by atoms with Gasteiger partial charge in [0.25, 0.3) is 0 Å². The van der Waals surface area contributed by atoms with Crippen LogP contribution in [0.15, 0.2) is 40.9 Å². The number of benzene rings is 1. The van der Waals surface area contributed by atoms with Crippen LogP contribution in [0, 0.1) is 5.92 Å². The van der Waals surface area contributed by atoms with E-state index >= 15 is 0 Å². The number of hydrogen-bond donors (Lipinski definition) is 0. The van der Waals surface area contributed by atoms with Crippen LogP contribution in [0.4, 0.5) is 0 Å². The number of fused-ring (bicyclic) bond motifs is 1. The molecule has 0 fully saturated rings. The fraction of sp³-hybridized carbons (Fsp3) is 0.278. The molecule has 1 aromatic carbocycles. The molecule has 0 aliphatic heterocycles. The first-order chi connectivity index (χ1) is 13.1. The van der Waals surface area contributed by atoms with E-state index in [1.54, 1.807) is 19.1 Å². The predicted octanol–water partition coefficient (Wildman–Crippen LogP) is 3.36. The highest BCUT2D eigenvalue weighted by Gasteiger charge is 2.33. The van der Waals surface area contributed by atoms with Crippen molar-refractivity contribution in [1.29, 1.82) is 0 Å². The summed E-state index contributed by atoms with van der Waals surface area (Å²) >= 11 is 2.44. The molecular formula is C18H17N3O4S2. The van der Waals surface area contributed by atoms with Gasteiger partial charge in [-0.1, -0.05) is 17.3 Å². The number of nitrogens with zero attached hydrogens (tertiary/aromatic N) is 3. The summed E-state index contributed by atoms with van der Waals surface area (Å²) in [5.41, 5.74) is 2.34. The Kier molecular flexibility index (Phi) is 6.25. The van der Waals surface area contributed by atoms with Crippen molar-refractivity contribution in [2.75, 3.05) is 13.7 Å². The van der Waals surface area contributed by atoms with Gasteiger partial charge in [-0.15, -0.1) is 11.3 Å². The van der Waals surface area contributed by atoms with Crippen molar-refractivity contribution in [3.05, 3.63) is 46.2 Å². The molecule has 0 amide bonds. The number of ketones is 1. The Morgan fingerprint density at radius 3 is 2.74 bits per heavy atom. The second-order valence-electron chi connectivity index (χ2n) is 5.57. The molecule has 2 aromatic heterocycles. The van der Waals surface area contributed by atoms with Crippen molar-refractivity contribution in [2.24, 2.45) is 11.1 Å². The number of ether oxygens (including phenoxy) is 1.